The molecular weight excluding hydrogens is 222 g/mol. The second-order valence-corrected chi connectivity index (χ2v) is 5.61. The predicted octanol–water partition coefficient (Wildman–Crippen LogP) is 2.06. The van der Waals surface area contributed by atoms with E-state index < -0.39 is 0 Å². The molecule has 0 bridgehead atoms. The molecule has 1 aromatic rings. The number of ether oxygens (including phenoxy) is 1. The van der Waals surface area contributed by atoms with Crippen LogP contribution in [-0.4, -0.2) is 26.2 Å². The molecule has 0 amide bonds. The van der Waals surface area contributed by atoms with Crippen molar-refractivity contribution < 1.29 is 9.64 Å². The molecule has 2 nitrogen and oxygen atoms in total. The van der Waals surface area contributed by atoms with Gasteiger partial charge in [0, 0.05) is 19.3 Å². The fourth-order valence-electron chi connectivity index (χ4n) is 2.78. The first-order valence-electron chi connectivity index (χ1n) is 7.21. The average molecular weight is 248 g/mol. The van der Waals surface area contributed by atoms with E-state index >= 15 is 0 Å². The molecule has 1 heterocycles. The van der Waals surface area contributed by atoms with Crippen LogP contribution in [0.4, 0.5) is 0 Å². The number of rotatable bonds is 5. The molecule has 1 aliphatic rings. The van der Waals surface area contributed by atoms with Gasteiger partial charge in [0.15, 0.2) is 0 Å². The van der Waals surface area contributed by atoms with Crippen LogP contribution in [0.3, 0.4) is 0 Å². The third-order valence-corrected chi connectivity index (χ3v) is 4.01. The summed E-state index contributed by atoms with van der Waals surface area (Å²) in [4.78, 5) is 1.76. The molecule has 1 N–H and O–H groups in total. The van der Waals surface area contributed by atoms with E-state index in [4.69, 9.17) is 4.74 Å². The minimum Gasteiger partial charge on any atom is -0.493 e. The maximum atomic E-state index is 5.94. The van der Waals surface area contributed by atoms with Crippen LogP contribution in [0, 0.1) is 20.8 Å². The molecule has 0 aliphatic carbocycles. The lowest BCUT2D eigenvalue weighted by atomic mass is 10.1. The van der Waals surface area contributed by atoms with E-state index in [9.17, 15) is 0 Å². The molecule has 2 heteroatoms. The summed E-state index contributed by atoms with van der Waals surface area (Å²) in [6.07, 6.45) is 3.99. The van der Waals surface area contributed by atoms with Crippen LogP contribution >= 0.6 is 0 Å². The average Bonchev–Trinajstić information content (AvgIpc) is 2.83. The molecule has 0 aromatic heterocycles. The summed E-state index contributed by atoms with van der Waals surface area (Å²) in [6.45, 7) is 11.3. The first-order valence-corrected chi connectivity index (χ1v) is 7.21. The molecule has 1 fully saturated rings. The van der Waals surface area contributed by atoms with Gasteiger partial charge in [0.25, 0.3) is 0 Å². The van der Waals surface area contributed by atoms with Crippen molar-refractivity contribution in [2.75, 3.05) is 26.2 Å². The monoisotopic (exact) mass is 248 g/mol. The zero-order valence-corrected chi connectivity index (χ0v) is 12.0. The number of aryl methyl sites for hydroxylation is 2. The van der Waals surface area contributed by atoms with Gasteiger partial charge in [0.05, 0.1) is 26.2 Å². The first kappa shape index (κ1) is 13.4. The summed E-state index contributed by atoms with van der Waals surface area (Å²) in [5.74, 6) is 1.07. The van der Waals surface area contributed by atoms with Gasteiger partial charge in [-0.2, -0.15) is 0 Å². The van der Waals surface area contributed by atoms with E-state index in [1.807, 2.05) is 0 Å². The van der Waals surface area contributed by atoms with Crippen LogP contribution < -0.4 is 9.64 Å². The largest absolute Gasteiger partial charge is 0.493 e. The quantitative estimate of drug-likeness (QED) is 0.788. The van der Waals surface area contributed by atoms with Crippen molar-refractivity contribution in [2.45, 2.75) is 40.0 Å². The highest BCUT2D eigenvalue weighted by atomic mass is 16.5. The van der Waals surface area contributed by atoms with Crippen molar-refractivity contribution in [1.29, 1.82) is 0 Å². The normalized spacial score (nSPS) is 16.2. The molecule has 0 unspecified atom stereocenters. The van der Waals surface area contributed by atoms with Gasteiger partial charge in [0.1, 0.15) is 5.75 Å². The maximum absolute atomic E-state index is 5.94. The Hall–Kier alpha value is -1.02. The molecule has 1 aromatic carbocycles. The standard InChI is InChI=1S/C16H25NO/c1-13-11-14(2)15(3)16(12-13)18-10-6-9-17-7-4-5-8-17/h11-12H,4-10H2,1-3H3/p+1. The number of nitrogens with one attached hydrogen (secondary N) is 1. The molecule has 2 rings (SSSR count). The molecular formula is C16H26NO+. The highest BCUT2D eigenvalue weighted by Gasteiger charge is 2.14. The van der Waals surface area contributed by atoms with Crippen LogP contribution in [0.1, 0.15) is 36.0 Å². The number of likely N-dealkylation sites (tertiary alicyclic amines) is 1. The zero-order valence-electron chi connectivity index (χ0n) is 12.0. The summed E-state index contributed by atoms with van der Waals surface area (Å²) in [7, 11) is 0. The fraction of sp³-hybridized carbons (Fsp3) is 0.625. The Morgan fingerprint density at radius 1 is 1.11 bits per heavy atom. The van der Waals surface area contributed by atoms with Gasteiger partial charge < -0.3 is 9.64 Å². The van der Waals surface area contributed by atoms with E-state index in [2.05, 4.69) is 32.9 Å². The maximum Gasteiger partial charge on any atom is 0.122 e. The summed E-state index contributed by atoms with van der Waals surface area (Å²) < 4.78 is 5.94. The summed E-state index contributed by atoms with van der Waals surface area (Å²) >= 11 is 0. The summed E-state index contributed by atoms with van der Waals surface area (Å²) in [5, 5.41) is 0. The van der Waals surface area contributed by atoms with Gasteiger partial charge in [0.2, 0.25) is 0 Å². The minimum atomic E-state index is 0.854. The van der Waals surface area contributed by atoms with Crippen molar-refractivity contribution in [1.82, 2.24) is 0 Å². The molecule has 0 saturated carbocycles. The number of hydrogen-bond donors (Lipinski definition) is 1. The Balaban J connectivity index is 1.79. The van der Waals surface area contributed by atoms with E-state index in [0.717, 1.165) is 12.4 Å². The molecule has 100 valence electrons. The van der Waals surface area contributed by atoms with Gasteiger partial charge in [-0.1, -0.05) is 6.07 Å². The van der Waals surface area contributed by atoms with E-state index in [1.165, 1.54) is 55.6 Å². The topological polar surface area (TPSA) is 13.7 Å². The van der Waals surface area contributed by atoms with E-state index in [0.29, 0.717) is 0 Å². The molecule has 0 radical (unpaired) electrons. The first-order chi connectivity index (χ1) is 8.66. The lowest BCUT2D eigenvalue weighted by Crippen LogP contribution is -3.10. The molecule has 0 spiro atoms. The van der Waals surface area contributed by atoms with Crippen molar-refractivity contribution in [2.24, 2.45) is 0 Å². The number of hydrogen-bond acceptors (Lipinski definition) is 1. The van der Waals surface area contributed by atoms with Gasteiger partial charge in [-0.15, -0.1) is 0 Å². The SMILES string of the molecule is Cc1cc(C)c(C)c(OCCC[NH+]2CCCC2)c1. The van der Waals surface area contributed by atoms with E-state index in [1.54, 1.807) is 4.90 Å². The van der Waals surface area contributed by atoms with Crippen molar-refractivity contribution in [3.8, 4) is 5.75 Å². The lowest BCUT2D eigenvalue weighted by molar-refractivity contribution is -0.887. The Morgan fingerprint density at radius 2 is 1.83 bits per heavy atom. The van der Waals surface area contributed by atoms with Crippen molar-refractivity contribution in [3.63, 3.8) is 0 Å². The van der Waals surface area contributed by atoms with E-state index in [-0.39, 0.29) is 0 Å². The highest BCUT2D eigenvalue weighted by Crippen LogP contribution is 2.23. The molecule has 18 heavy (non-hydrogen) atoms. The van der Waals surface area contributed by atoms with Gasteiger partial charge in [-0.3, -0.25) is 0 Å². The second-order valence-electron chi connectivity index (χ2n) is 5.61. The Kier molecular flexibility index (Phi) is 4.65. The smallest absolute Gasteiger partial charge is 0.122 e. The number of quaternary nitrogens is 1. The molecule has 1 saturated heterocycles. The predicted molar refractivity (Wildman–Crippen MR) is 75.6 cm³/mol. The van der Waals surface area contributed by atoms with Crippen molar-refractivity contribution in [3.05, 3.63) is 28.8 Å². The van der Waals surface area contributed by atoms with Gasteiger partial charge >= 0.3 is 0 Å². The second kappa shape index (κ2) is 6.24. The zero-order chi connectivity index (χ0) is 13.0. The third-order valence-electron chi connectivity index (χ3n) is 4.01. The van der Waals surface area contributed by atoms with Gasteiger partial charge in [-0.05, 0) is 43.5 Å². The lowest BCUT2D eigenvalue weighted by Gasteiger charge is -2.14. The number of benzene rings is 1. The molecule has 0 atom stereocenters. The van der Waals surface area contributed by atoms with Crippen LogP contribution in [0.15, 0.2) is 12.1 Å². The third kappa shape index (κ3) is 3.49. The highest BCUT2D eigenvalue weighted by molar-refractivity contribution is 5.41. The Bertz CT molecular complexity index is 394. The Labute approximate surface area is 111 Å². The minimum absolute atomic E-state index is 0.854. The van der Waals surface area contributed by atoms with Crippen LogP contribution in [0.25, 0.3) is 0 Å². The van der Waals surface area contributed by atoms with Crippen LogP contribution in [0.5, 0.6) is 5.75 Å². The van der Waals surface area contributed by atoms with Crippen molar-refractivity contribution >= 4 is 0 Å². The van der Waals surface area contributed by atoms with Crippen LogP contribution in [-0.2, 0) is 0 Å². The van der Waals surface area contributed by atoms with Crippen LogP contribution in [0.2, 0.25) is 0 Å². The van der Waals surface area contributed by atoms with Gasteiger partial charge in [-0.25, -0.2) is 0 Å². The molecule has 1 aliphatic heterocycles. The summed E-state index contributed by atoms with van der Waals surface area (Å²) in [5.41, 5.74) is 3.91. The fourth-order valence-corrected chi connectivity index (χ4v) is 2.78. The Morgan fingerprint density at radius 3 is 2.56 bits per heavy atom. The summed E-state index contributed by atoms with van der Waals surface area (Å²) in [6, 6.07) is 4.38.